The Hall–Kier alpha value is -2.52. The number of hydrogen-bond acceptors (Lipinski definition) is 7. The van der Waals surface area contributed by atoms with Crippen molar-refractivity contribution >= 4 is 22.7 Å². The summed E-state index contributed by atoms with van der Waals surface area (Å²) in [7, 11) is 1.32. The molecule has 8 nitrogen and oxygen atoms in total. The van der Waals surface area contributed by atoms with Crippen LogP contribution in [0.25, 0.3) is 10.9 Å². The van der Waals surface area contributed by atoms with Crippen LogP contribution in [0.3, 0.4) is 0 Å². The molecular weight excluding hydrogens is 486 g/mol. The maximum atomic E-state index is 13.4. The molecule has 2 saturated carbocycles. The molecule has 0 radical (unpaired) electrons. The second-order valence-electron chi connectivity index (χ2n) is 12.8. The minimum absolute atomic E-state index is 0.157. The summed E-state index contributed by atoms with van der Waals surface area (Å²) in [5, 5.41) is 14.3. The first kappa shape index (κ1) is 24.5. The van der Waals surface area contributed by atoms with Gasteiger partial charge in [-0.2, -0.15) is 0 Å². The number of para-hydroxylation sites is 1. The number of H-pyrrole nitrogens is 1. The third-order valence-corrected chi connectivity index (χ3v) is 10.9. The van der Waals surface area contributed by atoms with Crippen LogP contribution < -0.4 is 0 Å². The molecule has 3 heterocycles. The largest absolute Gasteiger partial charge is 0.467 e. The Morgan fingerprint density at radius 1 is 1.18 bits per heavy atom. The van der Waals surface area contributed by atoms with Crippen molar-refractivity contribution < 1.29 is 33.6 Å². The minimum atomic E-state index is -1.63. The molecule has 1 saturated heterocycles. The van der Waals surface area contributed by atoms with Gasteiger partial charge in [0.15, 0.2) is 17.7 Å². The fourth-order valence-electron chi connectivity index (χ4n) is 8.81. The zero-order valence-corrected chi connectivity index (χ0v) is 22.6. The van der Waals surface area contributed by atoms with Crippen LogP contribution in [0.1, 0.15) is 58.2 Å². The van der Waals surface area contributed by atoms with Crippen LogP contribution in [-0.2, 0) is 40.4 Å². The van der Waals surface area contributed by atoms with Gasteiger partial charge in [-0.3, -0.25) is 4.79 Å². The number of aliphatic hydroxyl groups is 1. The summed E-state index contributed by atoms with van der Waals surface area (Å²) in [5.41, 5.74) is 0.224. The number of ether oxygens (including phenoxy) is 4. The monoisotopic (exact) mass is 521 g/mol. The lowest BCUT2D eigenvalue weighted by molar-refractivity contribution is -0.280. The van der Waals surface area contributed by atoms with E-state index in [1.54, 1.807) is 6.08 Å². The maximum Gasteiger partial charge on any atom is 0.331 e. The predicted octanol–water partition coefficient (Wildman–Crippen LogP) is 3.49. The number of ketones is 1. The van der Waals surface area contributed by atoms with E-state index in [1.165, 1.54) is 18.1 Å². The Morgan fingerprint density at radius 3 is 2.71 bits per heavy atom. The highest BCUT2D eigenvalue weighted by atomic mass is 16.8. The van der Waals surface area contributed by atoms with Crippen LogP contribution >= 0.6 is 0 Å². The maximum absolute atomic E-state index is 13.4. The summed E-state index contributed by atoms with van der Waals surface area (Å²) in [6.45, 7) is 7.78. The molecule has 3 aliphatic carbocycles. The summed E-state index contributed by atoms with van der Waals surface area (Å²) in [6.07, 6.45) is 2.50. The molecule has 2 aliphatic heterocycles. The zero-order chi connectivity index (χ0) is 26.9. The molecular formula is C30H35NO7. The number of rotatable bonds is 3. The number of methoxy groups -OCH3 is 1. The molecule has 0 amide bonds. The number of aromatic amines is 1. The first-order valence-corrected chi connectivity index (χ1v) is 13.6. The van der Waals surface area contributed by atoms with Gasteiger partial charge in [0.25, 0.3) is 0 Å². The quantitative estimate of drug-likeness (QED) is 0.596. The van der Waals surface area contributed by atoms with Gasteiger partial charge in [0.05, 0.1) is 13.2 Å². The van der Waals surface area contributed by atoms with E-state index in [0.717, 1.165) is 17.6 Å². The van der Waals surface area contributed by atoms with Crippen molar-refractivity contribution in [1.82, 2.24) is 4.98 Å². The number of carbonyl (C=O) groups excluding carboxylic acids is 2. The molecule has 1 aromatic carbocycles. The summed E-state index contributed by atoms with van der Waals surface area (Å²) >= 11 is 0. The molecule has 2 bridgehead atoms. The van der Waals surface area contributed by atoms with Crippen molar-refractivity contribution in [2.45, 2.75) is 88.0 Å². The molecule has 7 rings (SSSR count). The molecule has 8 heteroatoms. The first-order chi connectivity index (χ1) is 17.9. The van der Waals surface area contributed by atoms with Gasteiger partial charge in [-0.05, 0) is 56.7 Å². The van der Waals surface area contributed by atoms with Crippen molar-refractivity contribution in [3.05, 3.63) is 47.2 Å². The van der Waals surface area contributed by atoms with E-state index in [2.05, 4.69) is 37.0 Å². The summed E-state index contributed by atoms with van der Waals surface area (Å²) in [5.74, 6) is -1.79. The van der Waals surface area contributed by atoms with Crippen molar-refractivity contribution in [3.63, 3.8) is 0 Å². The van der Waals surface area contributed by atoms with Crippen LogP contribution in [-0.4, -0.2) is 64.8 Å². The van der Waals surface area contributed by atoms with Crippen LogP contribution in [0.5, 0.6) is 0 Å². The Morgan fingerprint density at radius 2 is 1.95 bits per heavy atom. The summed E-state index contributed by atoms with van der Waals surface area (Å²) in [4.78, 5) is 29.3. The predicted molar refractivity (Wildman–Crippen MR) is 137 cm³/mol. The van der Waals surface area contributed by atoms with Gasteiger partial charge >= 0.3 is 5.97 Å². The smallest absolute Gasteiger partial charge is 0.331 e. The van der Waals surface area contributed by atoms with Crippen LogP contribution in [0.15, 0.2) is 35.9 Å². The van der Waals surface area contributed by atoms with Gasteiger partial charge in [0, 0.05) is 39.4 Å². The van der Waals surface area contributed by atoms with E-state index < -0.39 is 46.0 Å². The van der Waals surface area contributed by atoms with E-state index in [9.17, 15) is 14.7 Å². The lowest BCUT2D eigenvalue weighted by atomic mass is 9.41. The van der Waals surface area contributed by atoms with Gasteiger partial charge in [-0.15, -0.1) is 0 Å². The number of carbonyl (C=O) groups is 2. The number of nitrogens with one attached hydrogen (secondary N) is 1. The fourth-order valence-corrected chi connectivity index (χ4v) is 8.81. The first-order valence-electron chi connectivity index (χ1n) is 13.6. The topological polar surface area (TPSA) is 107 Å². The van der Waals surface area contributed by atoms with Gasteiger partial charge in [-0.25, -0.2) is 4.79 Å². The van der Waals surface area contributed by atoms with Crippen molar-refractivity contribution in [2.24, 2.45) is 11.3 Å². The molecule has 1 unspecified atom stereocenters. The Bertz CT molecular complexity index is 1420. The highest BCUT2D eigenvalue weighted by molar-refractivity contribution is 5.97. The van der Waals surface area contributed by atoms with Crippen molar-refractivity contribution in [3.8, 4) is 0 Å². The molecule has 1 aromatic heterocycles. The number of esters is 1. The summed E-state index contributed by atoms with van der Waals surface area (Å²) < 4.78 is 24.0. The fraction of sp³-hybridized carbons (Fsp3) is 0.600. The lowest BCUT2D eigenvalue weighted by Crippen LogP contribution is -2.74. The van der Waals surface area contributed by atoms with Gasteiger partial charge in [0.2, 0.25) is 0 Å². The average molecular weight is 522 g/mol. The van der Waals surface area contributed by atoms with Crippen molar-refractivity contribution in [1.29, 1.82) is 0 Å². The Kier molecular flexibility index (Phi) is 4.75. The summed E-state index contributed by atoms with van der Waals surface area (Å²) in [6, 6.07) is 8.31. The molecule has 38 heavy (non-hydrogen) atoms. The Labute approximate surface area is 221 Å². The van der Waals surface area contributed by atoms with Gasteiger partial charge in [0.1, 0.15) is 17.8 Å². The number of benzene rings is 1. The van der Waals surface area contributed by atoms with Crippen LogP contribution in [0.2, 0.25) is 0 Å². The van der Waals surface area contributed by atoms with Crippen molar-refractivity contribution in [2.75, 3.05) is 13.7 Å². The molecule has 7 atom stereocenters. The molecule has 2 N–H and O–H groups in total. The van der Waals surface area contributed by atoms with E-state index in [4.69, 9.17) is 18.9 Å². The second kappa shape index (κ2) is 7.36. The highest BCUT2D eigenvalue weighted by Crippen LogP contribution is 2.72. The van der Waals surface area contributed by atoms with E-state index >= 15 is 0 Å². The molecule has 5 aliphatic rings. The van der Waals surface area contributed by atoms with Crippen LogP contribution in [0.4, 0.5) is 0 Å². The lowest BCUT2D eigenvalue weighted by Gasteiger charge is -2.67. The molecule has 3 fully saturated rings. The van der Waals surface area contributed by atoms with E-state index in [0.29, 0.717) is 24.8 Å². The normalized spacial score (nSPS) is 42.2. The minimum Gasteiger partial charge on any atom is -0.467 e. The third-order valence-electron chi connectivity index (χ3n) is 10.9. The SMILES string of the molecule is COC(=O)CO[C@H]1C[C@H]2Cc3c([nH]c4ccccc34)[C@]2(C)[C@@]2(C)CC[C@@]34OC(C(=O)C=C3[C@]12O)C(C)(C)O4. The molecule has 1 spiro atoms. The number of fused-ring (bicyclic) bond motifs is 9. The highest BCUT2D eigenvalue weighted by Gasteiger charge is 2.78. The molecule has 202 valence electrons. The molecule has 2 aromatic rings. The Balaban J connectivity index is 1.43. The van der Waals surface area contributed by atoms with Gasteiger partial charge in [-0.1, -0.05) is 32.0 Å². The number of aromatic nitrogens is 1. The third kappa shape index (κ3) is 2.65. The van der Waals surface area contributed by atoms with E-state index in [1.807, 2.05) is 19.9 Å². The zero-order valence-electron chi connectivity index (χ0n) is 22.6. The second-order valence-corrected chi connectivity index (χ2v) is 12.8. The van der Waals surface area contributed by atoms with Crippen LogP contribution in [0, 0.1) is 11.3 Å². The number of hydrogen-bond donors (Lipinski definition) is 2. The average Bonchev–Trinajstić information content (AvgIpc) is 3.47. The van der Waals surface area contributed by atoms with Gasteiger partial charge < -0.3 is 29.0 Å². The van der Waals surface area contributed by atoms with E-state index in [-0.39, 0.29) is 18.3 Å². The standard InChI is InChI=1S/C30H35NO7/c1-26(2)25-20(32)14-21-29(37-25,38-26)11-10-27(3)28(4)16(13-22(30(21,27)34)36-15-23(33)35-5)12-18-17-8-6-7-9-19(17)31-24(18)28/h6-9,14,16,22,25,31,34H,10-13,15H2,1-5H3/t16-,22+,25?,27-,28-,29+,30+/m1/s1.